The third-order valence-electron chi connectivity index (χ3n) is 4.14. The van der Waals surface area contributed by atoms with Gasteiger partial charge in [0.15, 0.2) is 5.82 Å². The fourth-order valence-electron chi connectivity index (χ4n) is 3.00. The average molecular weight is 309 g/mol. The maximum atomic E-state index is 12.1. The molecule has 0 spiro atoms. The first-order chi connectivity index (χ1) is 10.2. The van der Waals surface area contributed by atoms with Gasteiger partial charge in [0.05, 0.1) is 11.8 Å². The first kappa shape index (κ1) is 14.8. The van der Waals surface area contributed by atoms with Crippen molar-refractivity contribution in [1.82, 2.24) is 25.4 Å². The van der Waals surface area contributed by atoms with Crippen LogP contribution in [0.3, 0.4) is 0 Å². The van der Waals surface area contributed by atoms with Crippen molar-refractivity contribution in [3.8, 4) is 0 Å². The summed E-state index contributed by atoms with van der Waals surface area (Å²) in [5, 5.41) is 15.4. The number of carbonyl (C=O) groups is 1. The smallest absolute Gasteiger partial charge is 0.230 e. The summed E-state index contributed by atoms with van der Waals surface area (Å²) in [4.78, 5) is 12.1. The molecule has 1 atom stereocenters. The van der Waals surface area contributed by atoms with Gasteiger partial charge in [-0.15, -0.1) is 22.0 Å². The van der Waals surface area contributed by atoms with Crippen LogP contribution in [0.1, 0.15) is 43.9 Å². The largest absolute Gasteiger partial charge is 0.346 e. The summed E-state index contributed by atoms with van der Waals surface area (Å²) in [6.45, 7) is 5.10. The number of aryl methyl sites for hydroxylation is 1. The van der Waals surface area contributed by atoms with E-state index in [2.05, 4.69) is 25.4 Å². The normalized spacial score (nSPS) is 20.2. The molecule has 1 unspecified atom stereocenters. The minimum Gasteiger partial charge on any atom is -0.346 e. The molecule has 0 aromatic carbocycles. The Labute approximate surface area is 129 Å². The van der Waals surface area contributed by atoms with Crippen molar-refractivity contribution in [2.24, 2.45) is 0 Å². The Hall–Kier alpha value is -1.08. The van der Waals surface area contributed by atoms with E-state index >= 15 is 0 Å². The molecule has 1 amide bonds. The molecule has 0 aliphatic carbocycles. The van der Waals surface area contributed by atoms with Gasteiger partial charge in [0, 0.05) is 18.2 Å². The van der Waals surface area contributed by atoms with Gasteiger partial charge in [0.1, 0.15) is 5.82 Å². The number of rotatable bonds is 5. The quantitative estimate of drug-likeness (QED) is 0.845. The van der Waals surface area contributed by atoms with Crippen LogP contribution < -0.4 is 10.6 Å². The monoisotopic (exact) mass is 309 g/mol. The molecular weight excluding hydrogens is 286 g/mol. The molecule has 7 heteroatoms. The molecular formula is C14H23N5OS. The van der Waals surface area contributed by atoms with Gasteiger partial charge in [-0.3, -0.25) is 4.79 Å². The highest BCUT2D eigenvalue weighted by atomic mass is 32.2. The van der Waals surface area contributed by atoms with Crippen LogP contribution in [0.15, 0.2) is 0 Å². The minimum absolute atomic E-state index is 0.0644. The molecule has 1 aromatic rings. The van der Waals surface area contributed by atoms with Gasteiger partial charge < -0.3 is 15.2 Å². The molecule has 1 saturated heterocycles. The summed E-state index contributed by atoms with van der Waals surface area (Å²) in [5.41, 5.74) is 0. The number of piperidine rings is 1. The van der Waals surface area contributed by atoms with Gasteiger partial charge in [0.2, 0.25) is 5.91 Å². The van der Waals surface area contributed by atoms with E-state index in [4.69, 9.17) is 0 Å². The third kappa shape index (κ3) is 3.58. The molecule has 116 valence electrons. The minimum atomic E-state index is -0.0644. The second-order valence-electron chi connectivity index (χ2n) is 5.78. The lowest BCUT2D eigenvalue weighted by Gasteiger charge is -2.22. The van der Waals surface area contributed by atoms with Crippen LogP contribution in [0.2, 0.25) is 0 Å². The maximum Gasteiger partial charge on any atom is 0.230 e. The molecule has 2 N–H and O–H groups in total. The molecule has 1 aromatic heterocycles. The second-order valence-corrected chi connectivity index (χ2v) is 7.07. The van der Waals surface area contributed by atoms with Gasteiger partial charge in [-0.2, -0.15) is 0 Å². The molecule has 2 aliphatic rings. The second kappa shape index (κ2) is 6.79. The number of nitrogens with one attached hydrogen (secondary N) is 2. The molecule has 1 fully saturated rings. The summed E-state index contributed by atoms with van der Waals surface area (Å²) in [6.07, 6.45) is 4.44. The van der Waals surface area contributed by atoms with E-state index in [9.17, 15) is 4.79 Å². The van der Waals surface area contributed by atoms with Crippen LogP contribution in [-0.4, -0.2) is 44.8 Å². The van der Waals surface area contributed by atoms with Gasteiger partial charge in [-0.1, -0.05) is 0 Å². The van der Waals surface area contributed by atoms with Crippen molar-refractivity contribution in [1.29, 1.82) is 0 Å². The van der Waals surface area contributed by atoms with E-state index in [1.807, 2.05) is 6.92 Å². The summed E-state index contributed by atoms with van der Waals surface area (Å²) >= 11 is 1.78. The molecule has 21 heavy (non-hydrogen) atoms. The van der Waals surface area contributed by atoms with E-state index in [1.165, 1.54) is 0 Å². The molecule has 0 saturated carbocycles. The standard InChI is InChI=1S/C14H23N5OS/c1-10(14-18-17-12-3-2-8-19(12)14)16-13(20)9-21-11-4-6-15-7-5-11/h10-11,15H,2-9H2,1H3,(H,16,20). The predicted molar refractivity (Wildman–Crippen MR) is 83.3 cm³/mol. The van der Waals surface area contributed by atoms with E-state index in [0.717, 1.165) is 57.0 Å². The first-order valence-corrected chi connectivity index (χ1v) is 8.82. The summed E-state index contributed by atoms with van der Waals surface area (Å²) in [5.74, 6) is 2.58. The van der Waals surface area contributed by atoms with Crippen LogP contribution in [0, 0.1) is 0 Å². The molecule has 0 bridgehead atoms. The molecule has 6 nitrogen and oxygen atoms in total. The zero-order valence-corrected chi connectivity index (χ0v) is 13.3. The highest BCUT2D eigenvalue weighted by molar-refractivity contribution is 8.00. The fraction of sp³-hybridized carbons (Fsp3) is 0.786. The van der Waals surface area contributed by atoms with Gasteiger partial charge in [0.25, 0.3) is 0 Å². The number of fused-ring (bicyclic) bond motifs is 1. The summed E-state index contributed by atoms with van der Waals surface area (Å²) in [6, 6.07) is -0.0644. The van der Waals surface area contributed by atoms with Crippen LogP contribution in [0.5, 0.6) is 0 Å². The SMILES string of the molecule is CC(NC(=O)CSC1CCNCC1)c1nnc2n1CCC2. The van der Waals surface area contributed by atoms with Crippen molar-refractivity contribution in [3.05, 3.63) is 11.6 Å². The molecule has 2 aliphatic heterocycles. The van der Waals surface area contributed by atoms with Crippen molar-refractivity contribution in [2.45, 2.75) is 50.4 Å². The number of thioether (sulfide) groups is 1. The van der Waals surface area contributed by atoms with Crippen LogP contribution in [0.4, 0.5) is 0 Å². The molecule has 3 heterocycles. The van der Waals surface area contributed by atoms with E-state index < -0.39 is 0 Å². The van der Waals surface area contributed by atoms with Crippen molar-refractivity contribution in [2.75, 3.05) is 18.8 Å². The Morgan fingerprint density at radius 2 is 2.29 bits per heavy atom. The van der Waals surface area contributed by atoms with E-state index in [-0.39, 0.29) is 11.9 Å². The summed E-state index contributed by atoms with van der Waals surface area (Å²) in [7, 11) is 0. The third-order valence-corrected chi connectivity index (χ3v) is 5.51. The summed E-state index contributed by atoms with van der Waals surface area (Å²) < 4.78 is 2.14. The Morgan fingerprint density at radius 3 is 3.10 bits per heavy atom. The van der Waals surface area contributed by atoms with Gasteiger partial charge >= 0.3 is 0 Å². The molecule has 3 rings (SSSR count). The lowest BCUT2D eigenvalue weighted by Crippen LogP contribution is -2.33. The number of hydrogen-bond donors (Lipinski definition) is 2. The topological polar surface area (TPSA) is 71.8 Å². The Morgan fingerprint density at radius 1 is 1.48 bits per heavy atom. The van der Waals surface area contributed by atoms with Crippen LogP contribution in [0.25, 0.3) is 0 Å². The number of amides is 1. The van der Waals surface area contributed by atoms with Gasteiger partial charge in [-0.25, -0.2) is 0 Å². The van der Waals surface area contributed by atoms with Crippen molar-refractivity contribution >= 4 is 17.7 Å². The van der Waals surface area contributed by atoms with Gasteiger partial charge in [-0.05, 0) is 39.3 Å². The van der Waals surface area contributed by atoms with E-state index in [0.29, 0.717) is 11.0 Å². The van der Waals surface area contributed by atoms with Crippen molar-refractivity contribution in [3.63, 3.8) is 0 Å². The van der Waals surface area contributed by atoms with E-state index in [1.54, 1.807) is 11.8 Å². The Balaban J connectivity index is 1.47. The Kier molecular flexibility index (Phi) is 4.80. The number of carbonyl (C=O) groups excluding carboxylic acids is 1. The fourth-order valence-corrected chi connectivity index (χ4v) is 4.04. The average Bonchev–Trinajstić information content (AvgIpc) is 3.09. The molecule has 0 radical (unpaired) electrons. The highest BCUT2D eigenvalue weighted by Crippen LogP contribution is 2.21. The first-order valence-electron chi connectivity index (χ1n) is 7.77. The number of aromatic nitrogens is 3. The number of hydrogen-bond acceptors (Lipinski definition) is 5. The number of nitrogens with zero attached hydrogens (tertiary/aromatic N) is 3. The highest BCUT2D eigenvalue weighted by Gasteiger charge is 2.22. The lowest BCUT2D eigenvalue weighted by atomic mass is 10.2. The van der Waals surface area contributed by atoms with Crippen molar-refractivity contribution < 1.29 is 4.79 Å². The zero-order valence-electron chi connectivity index (χ0n) is 12.5. The predicted octanol–water partition coefficient (Wildman–Crippen LogP) is 0.887. The van der Waals surface area contributed by atoms with Crippen LogP contribution in [-0.2, 0) is 17.8 Å². The maximum absolute atomic E-state index is 12.1. The lowest BCUT2D eigenvalue weighted by molar-refractivity contribution is -0.119. The van der Waals surface area contributed by atoms with Crippen LogP contribution >= 0.6 is 11.8 Å². The Bertz CT molecular complexity index is 498. The zero-order chi connectivity index (χ0) is 14.7.